The van der Waals surface area contributed by atoms with Crippen LogP contribution in [0.1, 0.15) is 67.9 Å². The Labute approximate surface area is 352 Å². The summed E-state index contributed by atoms with van der Waals surface area (Å²) in [5.41, 5.74) is 6.80. The van der Waals surface area contributed by atoms with E-state index in [-0.39, 0.29) is 18.0 Å². The number of rotatable bonds is 12. The molecule has 2 aliphatic heterocycles. The molecule has 316 valence electrons. The van der Waals surface area contributed by atoms with Crippen molar-refractivity contribution in [1.29, 1.82) is 0 Å². The normalized spacial score (nSPS) is 18.7. The van der Waals surface area contributed by atoms with Gasteiger partial charge in [0.05, 0.1) is 73.4 Å². The molecule has 2 aliphatic rings. The number of hydrogen-bond acceptors (Lipinski definition) is 11. The van der Waals surface area contributed by atoms with Gasteiger partial charge in [0, 0.05) is 29.6 Å². The highest BCUT2D eigenvalue weighted by Gasteiger charge is 2.39. The van der Waals surface area contributed by atoms with Gasteiger partial charge in [-0.1, -0.05) is 66.7 Å². The number of methoxy groups -OCH3 is 2. The van der Waals surface area contributed by atoms with Gasteiger partial charge in [-0.05, 0) is 61.9 Å². The van der Waals surface area contributed by atoms with E-state index in [2.05, 4.69) is 31.7 Å². The van der Waals surface area contributed by atoms with E-state index in [4.69, 9.17) is 19.4 Å². The molecule has 0 aliphatic carbocycles. The summed E-state index contributed by atoms with van der Waals surface area (Å²) in [6.07, 6.45) is 3.11. The van der Waals surface area contributed by atoms with E-state index in [0.29, 0.717) is 30.3 Å². The first-order chi connectivity index (χ1) is 29.6. The molecule has 61 heavy (non-hydrogen) atoms. The summed E-state index contributed by atoms with van der Waals surface area (Å²) in [7, 11) is 2.51. The Morgan fingerprint density at radius 1 is 0.754 bits per heavy atom. The van der Waals surface area contributed by atoms with Gasteiger partial charge in [0.2, 0.25) is 0 Å². The molecule has 8 rings (SSSR count). The van der Waals surface area contributed by atoms with Gasteiger partial charge < -0.3 is 45.2 Å². The van der Waals surface area contributed by atoms with Crippen LogP contribution in [0, 0.1) is 0 Å². The molecule has 3 aromatic heterocycles. The number of ether oxygens (including phenoxy) is 2. The Balaban J connectivity index is 0.941. The minimum Gasteiger partial charge on any atom is -0.453 e. The molecule has 0 bridgehead atoms. The summed E-state index contributed by atoms with van der Waals surface area (Å²) >= 11 is 0. The Bertz CT molecular complexity index is 2490. The number of alkyl carbamates (subject to hydrolysis) is 2. The van der Waals surface area contributed by atoms with E-state index in [1.54, 1.807) is 17.3 Å². The molecule has 0 saturated carbocycles. The number of aliphatic hydroxyl groups excluding tert-OH is 2. The Morgan fingerprint density at radius 3 is 2.08 bits per heavy atom. The van der Waals surface area contributed by atoms with Crippen molar-refractivity contribution in [2.24, 2.45) is 0 Å². The topological polar surface area (TPSA) is 211 Å². The Kier molecular flexibility index (Phi) is 12.1. The van der Waals surface area contributed by atoms with Crippen LogP contribution in [0.5, 0.6) is 0 Å². The molecule has 6 unspecified atom stereocenters. The monoisotopic (exact) mass is 827 g/mol. The fourth-order valence-electron chi connectivity index (χ4n) is 8.42. The Hall–Kier alpha value is -6.62. The summed E-state index contributed by atoms with van der Waals surface area (Å²) in [5.74, 6) is 1.16. The van der Waals surface area contributed by atoms with E-state index in [0.717, 1.165) is 70.4 Å². The molecule has 6 aromatic rings. The summed E-state index contributed by atoms with van der Waals surface area (Å²) in [6, 6.07) is 25.0. The molecular weight excluding hydrogens is 779 g/mol. The maximum atomic E-state index is 13.9. The zero-order chi connectivity index (χ0) is 42.6. The highest BCUT2D eigenvalue weighted by Crippen LogP contribution is 2.36. The number of imidazole rings is 2. The standard InChI is InChI=1S/C45H49N9O7/c1-26(55)38(51-44(58)60-2)42(56)53-21-7-11-36(53)41-47-25-35(50-41)31-18-20-33-30(23-31)17-19-32(48-33)27-13-15-28(16-14-27)34-24-46-40(49-34)37-12-8-22-54(37)43(57)39(52-45(59)61-3)29-9-5-4-6-10-29/h4-6,9-10,13-20,23-26,36-39,42,55-56H,7-8,11-12,21-22H2,1-3H3,(H,46,49)(H,47,50)(H,51,58)(H,52,59). The van der Waals surface area contributed by atoms with Gasteiger partial charge in [-0.3, -0.25) is 9.69 Å². The zero-order valence-electron chi connectivity index (χ0n) is 34.1. The summed E-state index contributed by atoms with van der Waals surface area (Å²) in [5, 5.41) is 27.8. The first-order valence-corrected chi connectivity index (χ1v) is 20.4. The molecule has 2 saturated heterocycles. The van der Waals surface area contributed by atoms with Crippen LogP contribution in [0.2, 0.25) is 0 Å². The van der Waals surface area contributed by atoms with Gasteiger partial charge in [-0.25, -0.2) is 24.5 Å². The van der Waals surface area contributed by atoms with Gasteiger partial charge >= 0.3 is 12.2 Å². The number of carbonyl (C=O) groups is 3. The largest absolute Gasteiger partial charge is 0.453 e. The van der Waals surface area contributed by atoms with Crippen LogP contribution in [-0.2, 0) is 14.3 Å². The molecule has 3 amide bonds. The second kappa shape index (κ2) is 17.9. The molecule has 16 nitrogen and oxygen atoms in total. The van der Waals surface area contributed by atoms with Crippen molar-refractivity contribution in [2.45, 2.75) is 69.1 Å². The second-order valence-corrected chi connectivity index (χ2v) is 15.4. The average Bonchev–Trinajstić information content (AvgIpc) is 4.14. The second-order valence-electron chi connectivity index (χ2n) is 15.4. The summed E-state index contributed by atoms with van der Waals surface area (Å²) in [6.45, 7) is 2.63. The third kappa shape index (κ3) is 8.68. The SMILES string of the molecule is COC(=O)NC(C(=O)N1CCCC1c1ncc(-c2ccc(-c3ccc4cc(-c5cnc(C6CCCN6C(O)C(NC(=O)OC)C(C)O)[nH]5)ccc4n3)cc2)[nH]1)c1ccccc1. The minimum atomic E-state index is -1.15. The highest BCUT2D eigenvalue weighted by molar-refractivity contribution is 5.88. The molecule has 16 heteroatoms. The van der Waals surface area contributed by atoms with Gasteiger partial charge in [-0.15, -0.1) is 0 Å². The van der Waals surface area contributed by atoms with Crippen molar-refractivity contribution in [2.75, 3.05) is 27.3 Å². The molecule has 6 atom stereocenters. The van der Waals surface area contributed by atoms with Crippen LogP contribution >= 0.6 is 0 Å². The van der Waals surface area contributed by atoms with Crippen LogP contribution in [0.4, 0.5) is 9.59 Å². The maximum Gasteiger partial charge on any atom is 0.407 e. The number of aromatic nitrogens is 5. The molecule has 2 fully saturated rings. The number of aromatic amines is 2. The first kappa shape index (κ1) is 41.1. The van der Waals surface area contributed by atoms with E-state index in [9.17, 15) is 24.6 Å². The van der Waals surface area contributed by atoms with Crippen LogP contribution in [0.3, 0.4) is 0 Å². The number of nitrogens with zero attached hydrogens (tertiary/aromatic N) is 5. The highest BCUT2D eigenvalue weighted by atomic mass is 16.5. The van der Waals surface area contributed by atoms with Gasteiger partial charge in [-0.2, -0.15) is 0 Å². The van der Waals surface area contributed by atoms with E-state index in [1.807, 2.05) is 83.8 Å². The summed E-state index contributed by atoms with van der Waals surface area (Å²) < 4.78 is 9.52. The molecule has 5 heterocycles. The average molecular weight is 828 g/mol. The lowest BCUT2D eigenvalue weighted by Gasteiger charge is -2.35. The number of carbonyl (C=O) groups excluding carboxylic acids is 3. The van der Waals surface area contributed by atoms with Crippen molar-refractivity contribution < 1.29 is 34.1 Å². The predicted molar refractivity (Wildman–Crippen MR) is 226 cm³/mol. The number of aliphatic hydroxyl groups is 2. The molecule has 6 N–H and O–H groups in total. The quantitative estimate of drug-likeness (QED) is 0.0842. The number of hydrogen-bond donors (Lipinski definition) is 6. The lowest BCUT2D eigenvalue weighted by Crippen LogP contribution is -2.56. The van der Waals surface area contributed by atoms with Crippen LogP contribution < -0.4 is 10.6 Å². The molecule has 0 spiro atoms. The number of pyridine rings is 1. The van der Waals surface area contributed by atoms with Crippen LogP contribution in [0.15, 0.2) is 97.3 Å². The number of fused-ring (bicyclic) bond motifs is 1. The van der Waals surface area contributed by atoms with Crippen molar-refractivity contribution in [3.8, 4) is 33.8 Å². The number of likely N-dealkylation sites (tertiary alicyclic amines) is 2. The van der Waals surface area contributed by atoms with Crippen molar-refractivity contribution >= 4 is 29.0 Å². The molecule has 3 aromatic carbocycles. The van der Waals surface area contributed by atoms with Crippen molar-refractivity contribution in [1.82, 2.24) is 45.4 Å². The number of H-pyrrole nitrogens is 2. The lowest BCUT2D eigenvalue weighted by atomic mass is 10.0. The molecule has 0 radical (unpaired) electrons. The fraction of sp³-hybridized carbons (Fsp3) is 0.333. The third-order valence-electron chi connectivity index (χ3n) is 11.6. The van der Waals surface area contributed by atoms with E-state index < -0.39 is 36.6 Å². The van der Waals surface area contributed by atoms with E-state index >= 15 is 0 Å². The van der Waals surface area contributed by atoms with Gasteiger partial charge in [0.1, 0.15) is 23.9 Å². The smallest absolute Gasteiger partial charge is 0.407 e. The zero-order valence-corrected chi connectivity index (χ0v) is 34.1. The minimum absolute atomic E-state index is 0.222. The Morgan fingerprint density at radius 2 is 1.38 bits per heavy atom. The van der Waals surface area contributed by atoms with Crippen molar-refractivity contribution in [3.05, 3.63) is 115 Å². The van der Waals surface area contributed by atoms with Crippen LogP contribution in [0.25, 0.3) is 44.7 Å². The maximum absolute atomic E-state index is 13.9. The van der Waals surface area contributed by atoms with E-state index in [1.165, 1.54) is 21.1 Å². The van der Waals surface area contributed by atoms with Crippen LogP contribution in [-0.4, -0.2) is 109 Å². The molecular formula is C45H49N9O7. The van der Waals surface area contributed by atoms with Gasteiger partial charge in [0.15, 0.2) is 0 Å². The van der Waals surface area contributed by atoms with Crippen molar-refractivity contribution in [3.63, 3.8) is 0 Å². The summed E-state index contributed by atoms with van der Waals surface area (Å²) in [4.78, 5) is 62.9. The number of nitrogens with one attached hydrogen (secondary N) is 4. The third-order valence-corrected chi connectivity index (χ3v) is 11.6. The lowest BCUT2D eigenvalue weighted by molar-refractivity contribution is -0.134. The first-order valence-electron chi connectivity index (χ1n) is 20.4. The number of amides is 3. The predicted octanol–water partition coefficient (Wildman–Crippen LogP) is 6.00. The van der Waals surface area contributed by atoms with Gasteiger partial charge in [0.25, 0.3) is 5.91 Å². The fourth-order valence-corrected chi connectivity index (χ4v) is 8.42. The number of benzene rings is 3.